The highest BCUT2D eigenvalue weighted by Gasteiger charge is 2.22. The third-order valence-corrected chi connectivity index (χ3v) is 4.28. The number of fused-ring (bicyclic) bond motifs is 1. The summed E-state index contributed by atoms with van der Waals surface area (Å²) in [6, 6.07) is 0. The van der Waals surface area contributed by atoms with E-state index in [1.54, 1.807) is 18.3 Å². The summed E-state index contributed by atoms with van der Waals surface area (Å²) in [4.78, 5) is 5.90. The van der Waals surface area contributed by atoms with Crippen LogP contribution in [0, 0.1) is 5.92 Å². The number of aryl methyl sites for hydroxylation is 1. The normalized spacial score (nSPS) is 23.2. The van der Waals surface area contributed by atoms with Gasteiger partial charge in [-0.3, -0.25) is 0 Å². The predicted octanol–water partition coefficient (Wildman–Crippen LogP) is 2.71. The molecule has 0 bridgehead atoms. The molecule has 0 amide bonds. The van der Waals surface area contributed by atoms with Gasteiger partial charge < -0.3 is 5.11 Å². The Morgan fingerprint density at radius 2 is 2.43 bits per heavy atom. The molecule has 3 heteroatoms. The van der Waals surface area contributed by atoms with Crippen LogP contribution < -0.4 is 0 Å². The van der Waals surface area contributed by atoms with Crippen molar-refractivity contribution in [1.82, 2.24) is 4.98 Å². The lowest BCUT2D eigenvalue weighted by molar-refractivity contribution is 0.198. The number of thiazole rings is 1. The molecule has 1 heterocycles. The first-order valence-corrected chi connectivity index (χ1v) is 6.19. The zero-order valence-corrected chi connectivity index (χ0v) is 9.60. The highest BCUT2D eigenvalue weighted by atomic mass is 32.1. The van der Waals surface area contributed by atoms with Gasteiger partial charge in [-0.1, -0.05) is 13.3 Å². The van der Waals surface area contributed by atoms with Crippen molar-refractivity contribution in [3.05, 3.63) is 15.6 Å². The van der Waals surface area contributed by atoms with Crippen LogP contribution in [0.4, 0.5) is 0 Å². The summed E-state index contributed by atoms with van der Waals surface area (Å²) in [5.41, 5.74) is 1.25. The van der Waals surface area contributed by atoms with Crippen LogP contribution in [0.5, 0.6) is 0 Å². The van der Waals surface area contributed by atoms with Crippen LogP contribution in [0.3, 0.4) is 0 Å². The van der Waals surface area contributed by atoms with E-state index in [1.807, 2.05) is 0 Å². The first-order valence-electron chi connectivity index (χ1n) is 5.37. The molecule has 1 aromatic rings. The van der Waals surface area contributed by atoms with Crippen molar-refractivity contribution in [3.63, 3.8) is 0 Å². The quantitative estimate of drug-likeness (QED) is 0.816. The van der Waals surface area contributed by atoms with Gasteiger partial charge in [0, 0.05) is 4.88 Å². The Hall–Kier alpha value is -0.410. The van der Waals surface area contributed by atoms with Crippen molar-refractivity contribution >= 4 is 11.3 Å². The number of aliphatic hydroxyl groups excluding tert-OH is 1. The second-order valence-corrected chi connectivity index (χ2v) is 5.23. The third kappa shape index (κ3) is 1.84. The first kappa shape index (κ1) is 10.1. The summed E-state index contributed by atoms with van der Waals surface area (Å²) in [7, 11) is 0. The summed E-state index contributed by atoms with van der Waals surface area (Å²) < 4.78 is 0. The Labute approximate surface area is 89.0 Å². The number of aliphatic hydroxyl groups is 1. The molecule has 0 saturated carbocycles. The molecule has 1 aromatic heterocycles. The number of hydrogen-bond donors (Lipinski definition) is 1. The van der Waals surface area contributed by atoms with Gasteiger partial charge in [-0.05, 0) is 32.1 Å². The molecule has 2 atom stereocenters. The fourth-order valence-corrected chi connectivity index (χ4v) is 3.15. The average molecular weight is 211 g/mol. The average Bonchev–Trinajstić information content (AvgIpc) is 2.59. The molecule has 14 heavy (non-hydrogen) atoms. The van der Waals surface area contributed by atoms with Gasteiger partial charge in [0.2, 0.25) is 0 Å². The van der Waals surface area contributed by atoms with Crippen molar-refractivity contribution in [2.45, 2.75) is 45.6 Å². The molecule has 2 rings (SSSR count). The number of nitrogens with zero attached hydrogens (tertiary/aromatic N) is 1. The zero-order chi connectivity index (χ0) is 10.1. The molecule has 0 spiro atoms. The van der Waals surface area contributed by atoms with Crippen LogP contribution in [0.25, 0.3) is 0 Å². The molecule has 0 radical (unpaired) electrons. The minimum Gasteiger partial charge on any atom is -0.386 e. The van der Waals surface area contributed by atoms with E-state index in [0.717, 1.165) is 17.3 Å². The smallest absolute Gasteiger partial charge is 0.121 e. The van der Waals surface area contributed by atoms with Gasteiger partial charge >= 0.3 is 0 Å². The lowest BCUT2D eigenvalue weighted by Gasteiger charge is -2.18. The standard InChI is InChI=1S/C11H17NOS/c1-3-8-4-5-9-10(6-8)14-11(12-9)7(2)13/h7-8,13H,3-6H2,1-2H3. The van der Waals surface area contributed by atoms with Crippen molar-refractivity contribution in [2.24, 2.45) is 5.92 Å². The van der Waals surface area contributed by atoms with E-state index < -0.39 is 6.10 Å². The van der Waals surface area contributed by atoms with Gasteiger partial charge in [0.1, 0.15) is 11.1 Å². The summed E-state index contributed by atoms with van der Waals surface area (Å²) in [6.07, 6.45) is 4.42. The van der Waals surface area contributed by atoms with E-state index in [0.29, 0.717) is 0 Å². The van der Waals surface area contributed by atoms with E-state index in [9.17, 15) is 5.11 Å². The lowest BCUT2D eigenvalue weighted by Crippen LogP contribution is -2.11. The van der Waals surface area contributed by atoms with Crippen LogP contribution in [0.2, 0.25) is 0 Å². The van der Waals surface area contributed by atoms with E-state index in [4.69, 9.17) is 0 Å². The Morgan fingerprint density at radius 3 is 3.07 bits per heavy atom. The molecule has 2 nitrogen and oxygen atoms in total. The van der Waals surface area contributed by atoms with Gasteiger partial charge in [-0.2, -0.15) is 0 Å². The molecular formula is C11H17NOS. The van der Waals surface area contributed by atoms with Gasteiger partial charge in [0.25, 0.3) is 0 Å². The number of aromatic nitrogens is 1. The zero-order valence-electron chi connectivity index (χ0n) is 8.79. The molecule has 2 unspecified atom stereocenters. The monoisotopic (exact) mass is 211 g/mol. The maximum Gasteiger partial charge on any atom is 0.121 e. The molecule has 0 saturated heterocycles. The fourth-order valence-electron chi connectivity index (χ4n) is 1.99. The van der Waals surface area contributed by atoms with Gasteiger partial charge in [-0.25, -0.2) is 4.98 Å². The van der Waals surface area contributed by atoms with Crippen molar-refractivity contribution in [2.75, 3.05) is 0 Å². The van der Waals surface area contributed by atoms with E-state index in [1.165, 1.54) is 29.8 Å². The van der Waals surface area contributed by atoms with Gasteiger partial charge in [-0.15, -0.1) is 11.3 Å². The second kappa shape index (κ2) is 3.99. The SMILES string of the molecule is CCC1CCc2nc(C(C)O)sc2C1. The minimum atomic E-state index is -0.398. The summed E-state index contributed by atoms with van der Waals surface area (Å²) in [5, 5.41) is 10.3. The first-order chi connectivity index (χ1) is 6.70. The van der Waals surface area contributed by atoms with Gasteiger partial charge in [0.15, 0.2) is 0 Å². The summed E-state index contributed by atoms with van der Waals surface area (Å²) in [6.45, 7) is 4.05. The molecule has 0 aromatic carbocycles. The van der Waals surface area contributed by atoms with E-state index in [2.05, 4.69) is 11.9 Å². The summed E-state index contributed by atoms with van der Waals surface area (Å²) >= 11 is 1.70. The largest absolute Gasteiger partial charge is 0.386 e. The minimum absolute atomic E-state index is 0.398. The Morgan fingerprint density at radius 1 is 1.64 bits per heavy atom. The van der Waals surface area contributed by atoms with Crippen molar-refractivity contribution in [3.8, 4) is 0 Å². The third-order valence-electron chi connectivity index (χ3n) is 2.99. The Bertz CT molecular complexity index is 319. The topological polar surface area (TPSA) is 33.1 Å². The van der Waals surface area contributed by atoms with Crippen LogP contribution in [-0.4, -0.2) is 10.1 Å². The molecule has 78 valence electrons. The number of hydrogen-bond acceptors (Lipinski definition) is 3. The van der Waals surface area contributed by atoms with E-state index in [-0.39, 0.29) is 0 Å². The predicted molar refractivity (Wildman–Crippen MR) is 58.6 cm³/mol. The maximum absolute atomic E-state index is 9.44. The molecule has 1 aliphatic carbocycles. The second-order valence-electron chi connectivity index (χ2n) is 4.12. The van der Waals surface area contributed by atoms with Crippen LogP contribution in [0.1, 0.15) is 48.4 Å². The van der Waals surface area contributed by atoms with Crippen molar-refractivity contribution < 1.29 is 5.11 Å². The molecule has 0 aliphatic heterocycles. The fraction of sp³-hybridized carbons (Fsp3) is 0.727. The molecule has 0 fully saturated rings. The van der Waals surface area contributed by atoms with Crippen molar-refractivity contribution in [1.29, 1.82) is 0 Å². The number of rotatable bonds is 2. The molecule has 1 N–H and O–H groups in total. The van der Waals surface area contributed by atoms with Gasteiger partial charge in [0.05, 0.1) is 5.69 Å². The van der Waals surface area contributed by atoms with E-state index >= 15 is 0 Å². The lowest BCUT2D eigenvalue weighted by atomic mass is 9.89. The Balaban J connectivity index is 2.21. The Kier molecular flexibility index (Phi) is 2.88. The van der Waals surface area contributed by atoms with Crippen LogP contribution in [-0.2, 0) is 12.8 Å². The highest BCUT2D eigenvalue weighted by molar-refractivity contribution is 7.11. The highest BCUT2D eigenvalue weighted by Crippen LogP contribution is 2.33. The summed E-state index contributed by atoms with van der Waals surface area (Å²) in [5.74, 6) is 0.838. The van der Waals surface area contributed by atoms with Crippen LogP contribution >= 0.6 is 11.3 Å². The molecular weight excluding hydrogens is 194 g/mol. The maximum atomic E-state index is 9.44. The van der Waals surface area contributed by atoms with Crippen LogP contribution in [0.15, 0.2) is 0 Å². The molecule has 1 aliphatic rings.